The number of pyridine rings is 1. The summed E-state index contributed by atoms with van der Waals surface area (Å²) in [5, 5.41) is 10.6. The van der Waals surface area contributed by atoms with Crippen molar-refractivity contribution in [1.29, 1.82) is 5.26 Å². The first-order valence-corrected chi connectivity index (χ1v) is 13.5. The Morgan fingerprint density at radius 2 is 2.02 bits per heavy atom. The zero-order valence-electron chi connectivity index (χ0n) is 22.8. The van der Waals surface area contributed by atoms with E-state index in [1.54, 1.807) is 19.2 Å². The molecule has 2 aliphatic rings. The van der Waals surface area contributed by atoms with Crippen LogP contribution in [0.25, 0.3) is 22.0 Å². The SMILES string of the molecule is Cc1ccc2oc(C3(C)CCN(c4c(C(N)=O)c(=O)n(C)c5cc(OC6CCOC6)c(C#N)cc45)CC3)nc2c1. The predicted molar refractivity (Wildman–Crippen MR) is 150 cm³/mol. The number of primary amides is 1. The molecule has 2 aromatic heterocycles. The van der Waals surface area contributed by atoms with Crippen molar-refractivity contribution >= 4 is 33.6 Å². The zero-order chi connectivity index (χ0) is 28.2. The summed E-state index contributed by atoms with van der Waals surface area (Å²) in [7, 11) is 1.59. The Kier molecular flexibility index (Phi) is 6.27. The van der Waals surface area contributed by atoms with Crippen molar-refractivity contribution in [1.82, 2.24) is 9.55 Å². The van der Waals surface area contributed by atoms with Crippen molar-refractivity contribution in [2.45, 2.75) is 44.6 Å². The van der Waals surface area contributed by atoms with E-state index in [0.717, 1.165) is 23.1 Å². The largest absolute Gasteiger partial charge is 0.486 e. The minimum Gasteiger partial charge on any atom is -0.486 e. The van der Waals surface area contributed by atoms with E-state index in [9.17, 15) is 14.9 Å². The molecule has 0 aliphatic carbocycles. The summed E-state index contributed by atoms with van der Waals surface area (Å²) in [5.41, 5.74) is 8.91. The van der Waals surface area contributed by atoms with Crippen LogP contribution in [-0.4, -0.2) is 47.9 Å². The molecule has 0 saturated carbocycles. The lowest BCUT2D eigenvalue weighted by Gasteiger charge is -2.39. The molecule has 4 aromatic rings. The number of hydrogen-bond donors (Lipinski definition) is 1. The van der Waals surface area contributed by atoms with Crippen LogP contribution in [0.3, 0.4) is 0 Å². The number of benzene rings is 2. The summed E-state index contributed by atoms with van der Waals surface area (Å²) in [5.74, 6) is 0.263. The van der Waals surface area contributed by atoms with E-state index >= 15 is 0 Å². The van der Waals surface area contributed by atoms with Gasteiger partial charge in [-0.3, -0.25) is 9.59 Å². The first kappa shape index (κ1) is 25.9. The Labute approximate surface area is 230 Å². The highest BCUT2D eigenvalue weighted by Gasteiger charge is 2.38. The van der Waals surface area contributed by atoms with E-state index in [4.69, 9.17) is 24.6 Å². The van der Waals surface area contributed by atoms with Crippen LogP contribution in [0.5, 0.6) is 5.75 Å². The Hall–Kier alpha value is -4.36. The van der Waals surface area contributed by atoms with E-state index in [1.807, 2.05) is 30.0 Å². The first-order chi connectivity index (χ1) is 19.2. The number of hydrogen-bond acceptors (Lipinski definition) is 8. The molecule has 2 aliphatic heterocycles. The Balaban J connectivity index is 1.41. The van der Waals surface area contributed by atoms with Crippen molar-refractivity contribution in [3.63, 3.8) is 0 Å². The van der Waals surface area contributed by atoms with Crippen LogP contribution >= 0.6 is 0 Å². The maximum Gasteiger partial charge on any atom is 0.265 e. The number of aromatic nitrogens is 2. The molecule has 1 amide bonds. The van der Waals surface area contributed by atoms with E-state index < -0.39 is 11.5 Å². The molecule has 0 radical (unpaired) electrons. The van der Waals surface area contributed by atoms with Crippen molar-refractivity contribution in [3.05, 3.63) is 63.3 Å². The number of amides is 1. The maximum atomic E-state index is 13.5. The van der Waals surface area contributed by atoms with Crippen LogP contribution in [0.1, 0.15) is 53.6 Å². The second-order valence-corrected chi connectivity index (χ2v) is 11.1. The second-order valence-electron chi connectivity index (χ2n) is 11.1. The molecule has 0 bridgehead atoms. The van der Waals surface area contributed by atoms with Gasteiger partial charge in [-0.15, -0.1) is 0 Å². The van der Waals surface area contributed by atoms with Crippen LogP contribution in [-0.2, 0) is 17.2 Å². The lowest BCUT2D eigenvalue weighted by molar-refractivity contribution is 0.0999. The number of nitriles is 1. The predicted octanol–water partition coefficient (Wildman–Crippen LogP) is 3.68. The van der Waals surface area contributed by atoms with Gasteiger partial charge in [-0.2, -0.15) is 5.26 Å². The summed E-state index contributed by atoms with van der Waals surface area (Å²) in [4.78, 5) is 32.9. The van der Waals surface area contributed by atoms with Gasteiger partial charge in [0.05, 0.1) is 30.0 Å². The third-order valence-corrected chi connectivity index (χ3v) is 8.26. The van der Waals surface area contributed by atoms with Gasteiger partial charge in [0.1, 0.15) is 29.0 Å². The molecule has 2 aromatic carbocycles. The van der Waals surface area contributed by atoms with Gasteiger partial charge in [0.25, 0.3) is 11.5 Å². The number of rotatable bonds is 5. The quantitative estimate of drug-likeness (QED) is 0.404. The van der Waals surface area contributed by atoms with Gasteiger partial charge in [-0.25, -0.2) is 4.98 Å². The van der Waals surface area contributed by atoms with E-state index in [0.29, 0.717) is 72.9 Å². The highest BCUT2D eigenvalue weighted by Crippen LogP contribution is 2.40. The van der Waals surface area contributed by atoms with Gasteiger partial charge >= 0.3 is 0 Å². The number of oxazole rings is 1. The highest BCUT2D eigenvalue weighted by molar-refractivity contribution is 6.07. The molecule has 0 spiro atoms. The van der Waals surface area contributed by atoms with Crippen molar-refractivity contribution in [2.24, 2.45) is 12.8 Å². The minimum absolute atomic E-state index is 0.0855. The topological polar surface area (TPSA) is 137 Å². The summed E-state index contributed by atoms with van der Waals surface area (Å²) in [6.45, 7) is 6.27. The van der Waals surface area contributed by atoms with Gasteiger partial charge in [0, 0.05) is 43.4 Å². The fourth-order valence-electron chi connectivity index (χ4n) is 5.80. The van der Waals surface area contributed by atoms with Gasteiger partial charge in [-0.05, 0) is 43.5 Å². The minimum atomic E-state index is -0.804. The molecule has 1 atom stereocenters. The molecule has 10 heteroatoms. The average molecular weight is 542 g/mol. The van der Waals surface area contributed by atoms with Gasteiger partial charge < -0.3 is 29.1 Å². The van der Waals surface area contributed by atoms with Crippen LogP contribution < -0.4 is 20.9 Å². The van der Waals surface area contributed by atoms with Gasteiger partial charge in [-0.1, -0.05) is 13.0 Å². The molecule has 40 heavy (non-hydrogen) atoms. The molecule has 2 fully saturated rings. The third-order valence-electron chi connectivity index (χ3n) is 8.26. The number of carbonyl (C=O) groups is 1. The Morgan fingerprint density at radius 3 is 2.70 bits per heavy atom. The highest BCUT2D eigenvalue weighted by atomic mass is 16.5. The van der Waals surface area contributed by atoms with Gasteiger partial charge in [0.15, 0.2) is 5.58 Å². The van der Waals surface area contributed by atoms with Crippen molar-refractivity contribution in [2.75, 3.05) is 31.2 Å². The molecule has 4 heterocycles. The Bertz CT molecular complexity index is 1750. The van der Waals surface area contributed by atoms with Gasteiger partial charge in [0.2, 0.25) is 5.89 Å². The van der Waals surface area contributed by atoms with E-state index in [2.05, 4.69) is 13.0 Å². The summed E-state index contributed by atoms with van der Waals surface area (Å²) in [6, 6.07) is 11.6. The summed E-state index contributed by atoms with van der Waals surface area (Å²) < 4.78 is 19.0. The van der Waals surface area contributed by atoms with Crippen molar-refractivity contribution < 1.29 is 18.7 Å². The van der Waals surface area contributed by atoms with Crippen LogP contribution in [0.4, 0.5) is 5.69 Å². The lowest BCUT2D eigenvalue weighted by Crippen LogP contribution is -2.43. The molecule has 10 nitrogen and oxygen atoms in total. The average Bonchev–Trinajstić information content (AvgIpc) is 3.61. The third kappa shape index (κ3) is 4.27. The molecule has 2 N–H and O–H groups in total. The maximum absolute atomic E-state index is 13.5. The second kappa shape index (κ2) is 9.68. The fourth-order valence-corrected chi connectivity index (χ4v) is 5.80. The molecule has 206 valence electrons. The molecular formula is C30H31N5O5. The number of nitrogens with two attached hydrogens (primary N) is 1. The number of piperidine rings is 1. The first-order valence-electron chi connectivity index (χ1n) is 13.5. The smallest absolute Gasteiger partial charge is 0.265 e. The van der Waals surface area contributed by atoms with Crippen molar-refractivity contribution in [3.8, 4) is 11.8 Å². The number of aryl methyl sites for hydroxylation is 2. The van der Waals surface area contributed by atoms with E-state index in [-0.39, 0.29) is 17.1 Å². The number of carbonyl (C=O) groups excluding carboxylic acids is 1. The zero-order valence-corrected chi connectivity index (χ0v) is 22.8. The standard InChI is InChI=1S/C30H31N5O5/c1-17-4-5-23-21(12-17)33-29(40-23)30(2)7-9-35(10-8-30)26-20-13-18(15-31)24(39-19-6-11-38-16-19)14-22(20)34(3)28(37)25(26)27(32)36/h4-5,12-14,19H,6-11,16H2,1-3H3,(H2,32,36). The number of ether oxygens (including phenoxy) is 2. The lowest BCUT2D eigenvalue weighted by atomic mass is 9.80. The van der Waals surface area contributed by atoms with Crippen LogP contribution in [0.2, 0.25) is 0 Å². The van der Waals surface area contributed by atoms with Crippen LogP contribution in [0.15, 0.2) is 39.5 Å². The number of anilines is 1. The number of fused-ring (bicyclic) bond motifs is 2. The molecule has 2 saturated heterocycles. The normalized spacial score (nSPS) is 18.8. The monoisotopic (exact) mass is 541 g/mol. The van der Waals surface area contributed by atoms with E-state index in [1.165, 1.54) is 4.57 Å². The summed E-state index contributed by atoms with van der Waals surface area (Å²) in [6.07, 6.45) is 1.92. The van der Waals surface area contributed by atoms with Crippen LogP contribution in [0, 0.1) is 18.3 Å². The fraction of sp³-hybridized carbons (Fsp3) is 0.400. The Morgan fingerprint density at radius 1 is 1.25 bits per heavy atom. The summed E-state index contributed by atoms with van der Waals surface area (Å²) >= 11 is 0. The molecule has 1 unspecified atom stereocenters. The molecular weight excluding hydrogens is 510 g/mol. The number of nitrogens with zero attached hydrogens (tertiary/aromatic N) is 4. The molecule has 6 rings (SSSR count).